The number of carbonyl (C=O) groups is 2. The third kappa shape index (κ3) is 11.7. The van der Waals surface area contributed by atoms with E-state index in [0.717, 1.165) is 37.4 Å². The van der Waals surface area contributed by atoms with E-state index in [1.54, 1.807) is 0 Å². The normalized spacial score (nSPS) is 17.5. The second kappa shape index (κ2) is 16.9. The Morgan fingerprint density at radius 3 is 2.18 bits per heavy atom. The molecule has 0 aromatic heterocycles. The van der Waals surface area contributed by atoms with Gasteiger partial charge in [0.15, 0.2) is 0 Å². The van der Waals surface area contributed by atoms with E-state index < -0.39 is 5.82 Å². The first-order valence-electron chi connectivity index (χ1n) is 12.8. The van der Waals surface area contributed by atoms with Crippen molar-refractivity contribution < 1.29 is 14.0 Å². The minimum atomic E-state index is -0.513. The fourth-order valence-electron chi connectivity index (χ4n) is 3.80. The molecule has 34 heavy (non-hydrogen) atoms. The molecule has 0 unspecified atom stereocenters. The summed E-state index contributed by atoms with van der Waals surface area (Å²) in [6, 6.07) is 4.23. The van der Waals surface area contributed by atoms with Crippen LogP contribution >= 0.6 is 11.6 Å². The summed E-state index contributed by atoms with van der Waals surface area (Å²) in [6.07, 6.45) is 7.06. The van der Waals surface area contributed by atoms with Crippen LogP contribution in [-0.4, -0.2) is 48.4 Å². The first-order valence-corrected chi connectivity index (χ1v) is 13.1. The number of hydrogen-bond donors (Lipinski definition) is 2. The van der Waals surface area contributed by atoms with Crippen LogP contribution in [-0.2, 0) is 4.79 Å². The van der Waals surface area contributed by atoms with Crippen LogP contribution in [0.25, 0.3) is 0 Å². The third-order valence-electron chi connectivity index (χ3n) is 6.25. The molecule has 0 saturated heterocycles. The van der Waals surface area contributed by atoms with E-state index >= 15 is 0 Å². The van der Waals surface area contributed by atoms with Gasteiger partial charge in [0.05, 0.1) is 6.54 Å². The smallest absolute Gasteiger partial charge is 0.251 e. The Labute approximate surface area is 212 Å². The van der Waals surface area contributed by atoms with E-state index in [9.17, 15) is 14.0 Å². The lowest BCUT2D eigenvalue weighted by Crippen LogP contribution is -2.51. The van der Waals surface area contributed by atoms with Crippen molar-refractivity contribution in [2.45, 2.75) is 98.6 Å². The largest absolute Gasteiger partial charge is 0.355 e. The quantitative estimate of drug-likeness (QED) is 0.432. The van der Waals surface area contributed by atoms with Gasteiger partial charge in [-0.3, -0.25) is 9.59 Å². The highest BCUT2D eigenvalue weighted by Gasteiger charge is 2.28. The zero-order valence-corrected chi connectivity index (χ0v) is 23.3. The summed E-state index contributed by atoms with van der Waals surface area (Å²) in [5.74, 6) is 0.259. The maximum absolute atomic E-state index is 12.7. The molecular weight excluding hydrogens is 453 g/mol. The number of rotatable bonds is 8. The monoisotopic (exact) mass is 499 g/mol. The Morgan fingerprint density at radius 1 is 1.12 bits per heavy atom. The van der Waals surface area contributed by atoms with Gasteiger partial charge < -0.3 is 15.5 Å². The highest BCUT2D eigenvalue weighted by Crippen LogP contribution is 2.24. The fraction of sp³-hybridized carbons (Fsp3) is 0.704. The van der Waals surface area contributed by atoms with Gasteiger partial charge in [0, 0.05) is 35.8 Å². The molecule has 1 aliphatic rings. The zero-order valence-electron chi connectivity index (χ0n) is 22.6. The fourth-order valence-corrected chi connectivity index (χ4v) is 4.02. The molecule has 1 aromatic carbocycles. The van der Waals surface area contributed by atoms with Crippen molar-refractivity contribution >= 4 is 23.4 Å². The van der Waals surface area contributed by atoms with Gasteiger partial charge in [0.2, 0.25) is 5.91 Å². The lowest BCUT2D eigenvalue weighted by molar-refractivity contribution is -0.135. The van der Waals surface area contributed by atoms with Gasteiger partial charge in [0.25, 0.3) is 5.91 Å². The second-order valence-corrected chi connectivity index (χ2v) is 9.72. The summed E-state index contributed by atoms with van der Waals surface area (Å²) in [4.78, 5) is 25.6. The highest BCUT2D eigenvalue weighted by molar-refractivity contribution is 6.31. The maximum Gasteiger partial charge on any atom is 0.251 e. The van der Waals surface area contributed by atoms with Crippen molar-refractivity contribution in [1.82, 2.24) is 15.5 Å². The molecule has 0 bridgehead atoms. The maximum atomic E-state index is 12.7. The van der Waals surface area contributed by atoms with Gasteiger partial charge in [-0.15, -0.1) is 0 Å². The number of benzene rings is 1. The average molecular weight is 500 g/mol. The number of nitrogens with zero attached hydrogens (tertiary/aromatic N) is 1. The molecule has 2 rings (SSSR count). The number of carbonyl (C=O) groups excluding carboxylic acids is 2. The molecule has 0 heterocycles. The van der Waals surface area contributed by atoms with E-state index in [1.165, 1.54) is 38.8 Å². The Balaban J connectivity index is 0.000000662. The molecule has 2 N–H and O–H groups in total. The lowest BCUT2D eigenvalue weighted by atomic mass is 9.87. The molecule has 7 heteroatoms. The van der Waals surface area contributed by atoms with Crippen molar-refractivity contribution in [3.8, 4) is 0 Å². The first-order chi connectivity index (χ1) is 16.0. The lowest BCUT2D eigenvalue weighted by Gasteiger charge is -2.38. The number of amides is 2. The van der Waals surface area contributed by atoms with Crippen LogP contribution < -0.4 is 10.6 Å². The van der Waals surface area contributed by atoms with Crippen LogP contribution in [0.5, 0.6) is 0 Å². The highest BCUT2D eigenvalue weighted by atomic mass is 35.5. The first kappa shape index (κ1) is 32.3. The minimum absolute atomic E-state index is 0.0319. The molecule has 0 radical (unpaired) electrons. The molecule has 1 fully saturated rings. The van der Waals surface area contributed by atoms with Crippen molar-refractivity contribution in [3.05, 3.63) is 34.6 Å². The van der Waals surface area contributed by atoms with Gasteiger partial charge >= 0.3 is 0 Å². The van der Waals surface area contributed by atoms with Gasteiger partial charge in [0.1, 0.15) is 5.82 Å². The molecule has 2 amide bonds. The predicted molar refractivity (Wildman–Crippen MR) is 142 cm³/mol. The molecule has 1 aromatic rings. The Hall–Kier alpha value is -1.66. The van der Waals surface area contributed by atoms with Crippen LogP contribution in [0.3, 0.4) is 0 Å². The SMILES string of the molecule is CC.CCCN(C(=O)CNC1CCC(C)CC1)C(C)(C)CC.CNC(=O)c1cc(F)cc(Cl)c1. The van der Waals surface area contributed by atoms with E-state index in [0.29, 0.717) is 12.6 Å². The Bertz CT molecular complexity index is 714. The molecule has 1 aliphatic carbocycles. The van der Waals surface area contributed by atoms with Crippen LogP contribution in [0.15, 0.2) is 18.2 Å². The zero-order chi connectivity index (χ0) is 26.3. The average Bonchev–Trinajstić information content (AvgIpc) is 2.82. The third-order valence-corrected chi connectivity index (χ3v) is 6.47. The van der Waals surface area contributed by atoms with Crippen molar-refractivity contribution in [1.29, 1.82) is 0 Å². The van der Waals surface area contributed by atoms with Crippen LogP contribution in [0.4, 0.5) is 4.39 Å². The van der Waals surface area contributed by atoms with Gasteiger partial charge in [-0.25, -0.2) is 4.39 Å². The van der Waals surface area contributed by atoms with E-state index in [2.05, 4.69) is 50.2 Å². The summed E-state index contributed by atoms with van der Waals surface area (Å²) < 4.78 is 12.7. The summed E-state index contributed by atoms with van der Waals surface area (Å²) in [5, 5.41) is 6.07. The molecule has 0 spiro atoms. The second-order valence-electron chi connectivity index (χ2n) is 9.29. The van der Waals surface area contributed by atoms with E-state index in [1.807, 2.05) is 13.8 Å². The molecule has 1 saturated carbocycles. The van der Waals surface area contributed by atoms with Crippen LogP contribution in [0.2, 0.25) is 5.02 Å². The summed E-state index contributed by atoms with van der Waals surface area (Å²) in [6.45, 7) is 16.3. The Morgan fingerprint density at radius 2 is 1.71 bits per heavy atom. The molecular formula is C27H47ClFN3O2. The van der Waals surface area contributed by atoms with Crippen LogP contribution in [0, 0.1) is 11.7 Å². The molecule has 196 valence electrons. The standard InChI is InChI=1S/C17H34N2O.C8H7ClFNO.C2H6/c1-6-12-19(17(4,5)7-2)16(20)13-18-15-10-8-14(3)9-11-15;1-11-8(12)5-2-6(9)4-7(10)3-5;1-2/h14-15,18H,6-13H2,1-5H3;2-4H,1H3,(H,11,12);1-2H3. The van der Waals surface area contributed by atoms with Gasteiger partial charge in [-0.1, -0.05) is 46.2 Å². The van der Waals surface area contributed by atoms with E-state index in [4.69, 9.17) is 11.6 Å². The van der Waals surface area contributed by atoms with Crippen molar-refractivity contribution in [3.63, 3.8) is 0 Å². The molecule has 0 aliphatic heterocycles. The van der Waals surface area contributed by atoms with Gasteiger partial charge in [-0.2, -0.15) is 0 Å². The number of nitrogens with one attached hydrogen (secondary N) is 2. The van der Waals surface area contributed by atoms with Gasteiger partial charge in [-0.05, 0) is 76.5 Å². The Kier molecular flexibility index (Phi) is 16.1. The summed E-state index contributed by atoms with van der Waals surface area (Å²) >= 11 is 5.53. The van der Waals surface area contributed by atoms with Crippen LogP contribution in [0.1, 0.15) is 97.3 Å². The molecule has 5 nitrogen and oxygen atoms in total. The predicted octanol–water partition coefficient (Wildman–Crippen LogP) is 6.45. The van der Waals surface area contributed by atoms with Crippen molar-refractivity contribution in [2.24, 2.45) is 5.92 Å². The topological polar surface area (TPSA) is 61.4 Å². The van der Waals surface area contributed by atoms with E-state index in [-0.39, 0.29) is 27.9 Å². The number of halogens is 2. The summed E-state index contributed by atoms with van der Waals surface area (Å²) in [7, 11) is 1.47. The molecule has 0 atom stereocenters. The summed E-state index contributed by atoms with van der Waals surface area (Å²) in [5.41, 5.74) is 0.193. The minimum Gasteiger partial charge on any atom is -0.355 e. The number of hydrogen-bond acceptors (Lipinski definition) is 3. The van der Waals surface area contributed by atoms with Crippen molar-refractivity contribution in [2.75, 3.05) is 20.1 Å².